The van der Waals surface area contributed by atoms with Crippen LogP contribution < -0.4 is 0 Å². The van der Waals surface area contributed by atoms with E-state index in [0.717, 1.165) is 11.1 Å². The maximum atomic E-state index is 7.09. The third kappa shape index (κ3) is 6.71. The fourth-order valence-corrected chi connectivity index (χ4v) is 5.65. The normalized spacial score (nSPS) is 15.5. The summed E-state index contributed by atoms with van der Waals surface area (Å²) >= 11 is 12.5. The van der Waals surface area contributed by atoms with Crippen LogP contribution in [0.25, 0.3) is 0 Å². The van der Waals surface area contributed by atoms with Crippen molar-refractivity contribution in [3.05, 3.63) is 69.7 Å². The van der Waals surface area contributed by atoms with E-state index in [4.69, 9.17) is 32.1 Å². The molecule has 32 heavy (non-hydrogen) atoms. The van der Waals surface area contributed by atoms with Crippen molar-refractivity contribution in [1.82, 2.24) is 0 Å². The fraction of sp³-hybridized carbons (Fsp3) is 0.538. The predicted molar refractivity (Wildman–Crippen MR) is 145 cm³/mol. The molecule has 6 heteroatoms. The highest BCUT2D eigenvalue weighted by Crippen LogP contribution is 2.48. The number of hydrogen-bond donors (Lipinski definition) is 0. The quantitative estimate of drug-likeness (QED) is 0.344. The molecule has 0 aliphatic carbocycles. The van der Waals surface area contributed by atoms with Gasteiger partial charge in [-0.3, -0.25) is 0 Å². The van der Waals surface area contributed by atoms with E-state index in [0.29, 0.717) is 10.0 Å². The highest BCUT2D eigenvalue weighted by atomic mass is 35.5. The molecule has 2 aromatic carbocycles. The number of hydrogen-bond acceptors (Lipinski definition) is 2. The lowest BCUT2D eigenvalue weighted by Gasteiger charge is -2.45. The lowest BCUT2D eigenvalue weighted by molar-refractivity contribution is 0.0333. The molecule has 0 radical (unpaired) electrons. The summed E-state index contributed by atoms with van der Waals surface area (Å²) in [7, 11) is -4.23. The molecule has 0 heterocycles. The molecule has 0 spiro atoms. The standard InChI is InChI=1S/C26H40Cl2O2Si2/c1-25(2,3)31(7,8)29-23(19-11-15-21(27)16-12-19)24(20-13-17-22(28)18-14-20)30-32(9,10)26(4,5)6/h11-18,23-24H,1-10H3. The summed E-state index contributed by atoms with van der Waals surface area (Å²) in [5, 5.41) is 1.57. The van der Waals surface area contributed by atoms with Crippen LogP contribution in [0.15, 0.2) is 48.5 Å². The van der Waals surface area contributed by atoms with Gasteiger partial charge in [0.2, 0.25) is 0 Å². The van der Waals surface area contributed by atoms with Crippen molar-refractivity contribution in [2.75, 3.05) is 0 Å². The fourth-order valence-electron chi connectivity index (χ4n) is 2.90. The van der Waals surface area contributed by atoms with Crippen LogP contribution in [0.4, 0.5) is 0 Å². The van der Waals surface area contributed by atoms with Gasteiger partial charge < -0.3 is 8.85 Å². The average Bonchev–Trinajstić information content (AvgIpc) is 2.64. The summed E-state index contributed by atoms with van der Waals surface area (Å²) in [6.45, 7) is 22.8. The Kier molecular flexibility index (Phi) is 8.57. The molecule has 178 valence electrons. The van der Waals surface area contributed by atoms with E-state index in [1.165, 1.54) is 0 Å². The average molecular weight is 512 g/mol. The van der Waals surface area contributed by atoms with E-state index >= 15 is 0 Å². The molecular weight excluding hydrogens is 471 g/mol. The van der Waals surface area contributed by atoms with Crippen molar-refractivity contribution in [2.45, 2.75) is 90.0 Å². The topological polar surface area (TPSA) is 18.5 Å². The number of benzene rings is 2. The summed E-state index contributed by atoms with van der Waals surface area (Å²) in [6, 6.07) is 16.0. The summed E-state index contributed by atoms with van der Waals surface area (Å²) in [5.74, 6) is 0. The van der Waals surface area contributed by atoms with Crippen LogP contribution in [0.2, 0.25) is 46.3 Å². The molecule has 2 rings (SSSR count). The lowest BCUT2D eigenvalue weighted by atomic mass is 9.98. The zero-order chi connectivity index (χ0) is 24.5. The van der Waals surface area contributed by atoms with Crippen molar-refractivity contribution < 1.29 is 8.85 Å². The SMILES string of the molecule is CC(C)(C)[Si](C)(C)OC(c1ccc(Cl)cc1)C(O[Si](C)(C)C(C)(C)C)c1ccc(Cl)cc1. The Balaban J connectivity index is 2.66. The minimum absolute atomic E-state index is 0.0686. The zero-order valence-corrected chi connectivity index (χ0v) is 24.9. The minimum Gasteiger partial charge on any atom is -0.407 e. The third-order valence-electron chi connectivity index (χ3n) is 7.13. The van der Waals surface area contributed by atoms with E-state index in [-0.39, 0.29) is 22.3 Å². The molecule has 2 aromatic rings. The highest BCUT2D eigenvalue weighted by Gasteiger charge is 2.45. The van der Waals surface area contributed by atoms with Crippen LogP contribution >= 0.6 is 23.2 Å². The summed E-state index contributed by atoms with van der Waals surface area (Å²) in [6.07, 6.45) is -0.494. The van der Waals surface area contributed by atoms with E-state index in [1.54, 1.807) is 0 Å². The van der Waals surface area contributed by atoms with Crippen LogP contribution in [-0.2, 0) is 8.85 Å². The molecule has 0 aliphatic rings. The molecule has 0 saturated heterocycles. The van der Waals surface area contributed by atoms with Crippen LogP contribution in [0.3, 0.4) is 0 Å². The second-order valence-electron chi connectivity index (χ2n) is 11.7. The van der Waals surface area contributed by atoms with Crippen molar-refractivity contribution in [3.8, 4) is 0 Å². The maximum absolute atomic E-state index is 7.09. The smallest absolute Gasteiger partial charge is 0.193 e. The number of halogens is 2. The van der Waals surface area contributed by atoms with Crippen molar-refractivity contribution >= 4 is 39.8 Å². The second-order valence-corrected chi connectivity index (χ2v) is 22.1. The molecule has 0 aliphatic heterocycles. The van der Waals surface area contributed by atoms with E-state index in [1.807, 2.05) is 24.3 Å². The first-order valence-corrected chi connectivity index (χ1v) is 17.9. The Morgan fingerprint density at radius 3 is 1.03 bits per heavy atom. The van der Waals surface area contributed by atoms with Crippen LogP contribution in [0, 0.1) is 0 Å². The Hall–Kier alpha value is -0.626. The molecule has 0 saturated carbocycles. The Morgan fingerprint density at radius 1 is 0.562 bits per heavy atom. The first kappa shape index (κ1) is 27.6. The second kappa shape index (κ2) is 9.93. The van der Waals surface area contributed by atoms with Crippen LogP contribution in [0.1, 0.15) is 64.9 Å². The Labute approximate surface area is 207 Å². The molecule has 2 unspecified atom stereocenters. The summed E-state index contributed by atoms with van der Waals surface area (Å²) in [5.41, 5.74) is 2.16. The molecular formula is C26H40Cl2O2Si2. The molecule has 2 atom stereocenters. The van der Waals surface area contributed by atoms with Gasteiger partial charge >= 0.3 is 0 Å². The van der Waals surface area contributed by atoms with Gasteiger partial charge in [-0.2, -0.15) is 0 Å². The van der Waals surface area contributed by atoms with Gasteiger partial charge in [-0.05, 0) is 71.7 Å². The predicted octanol–water partition coefficient (Wildman–Crippen LogP) is 9.82. The largest absolute Gasteiger partial charge is 0.407 e. The monoisotopic (exact) mass is 510 g/mol. The molecule has 2 nitrogen and oxygen atoms in total. The van der Waals surface area contributed by atoms with Gasteiger partial charge in [0.25, 0.3) is 0 Å². The van der Waals surface area contributed by atoms with Crippen LogP contribution in [0.5, 0.6) is 0 Å². The van der Waals surface area contributed by atoms with Gasteiger partial charge in [0.15, 0.2) is 16.6 Å². The van der Waals surface area contributed by atoms with Crippen molar-refractivity contribution in [1.29, 1.82) is 0 Å². The molecule has 0 amide bonds. The first-order chi connectivity index (χ1) is 14.4. The van der Waals surface area contributed by atoms with E-state index in [2.05, 4.69) is 92.0 Å². The molecule has 0 fully saturated rings. The van der Waals surface area contributed by atoms with Gasteiger partial charge in [-0.25, -0.2) is 0 Å². The summed E-state index contributed by atoms with van der Waals surface area (Å²) < 4.78 is 14.2. The minimum atomic E-state index is -2.12. The van der Waals surface area contributed by atoms with E-state index < -0.39 is 16.6 Å². The summed E-state index contributed by atoms with van der Waals surface area (Å²) in [4.78, 5) is 0. The van der Waals surface area contributed by atoms with Gasteiger partial charge in [0.05, 0.1) is 12.2 Å². The number of rotatable bonds is 7. The zero-order valence-electron chi connectivity index (χ0n) is 21.3. The Bertz CT molecular complexity index is 805. The van der Waals surface area contributed by atoms with Gasteiger partial charge in [0.1, 0.15) is 0 Å². The van der Waals surface area contributed by atoms with Gasteiger partial charge in [-0.1, -0.05) is 89.0 Å². The van der Waals surface area contributed by atoms with Gasteiger partial charge in [0, 0.05) is 10.0 Å². The molecule has 0 N–H and O–H groups in total. The molecule has 0 aromatic heterocycles. The maximum Gasteiger partial charge on any atom is 0.193 e. The highest BCUT2D eigenvalue weighted by molar-refractivity contribution is 6.74. The lowest BCUT2D eigenvalue weighted by Crippen LogP contribution is -2.46. The van der Waals surface area contributed by atoms with E-state index in [9.17, 15) is 0 Å². The van der Waals surface area contributed by atoms with Crippen LogP contribution in [-0.4, -0.2) is 16.6 Å². The third-order valence-corrected chi connectivity index (χ3v) is 16.5. The molecule has 0 bridgehead atoms. The van der Waals surface area contributed by atoms with Gasteiger partial charge in [-0.15, -0.1) is 0 Å². The van der Waals surface area contributed by atoms with Crippen molar-refractivity contribution in [3.63, 3.8) is 0 Å². The Morgan fingerprint density at radius 2 is 0.812 bits per heavy atom. The first-order valence-electron chi connectivity index (χ1n) is 11.3. The van der Waals surface area contributed by atoms with Crippen molar-refractivity contribution in [2.24, 2.45) is 0 Å².